The van der Waals surface area contributed by atoms with Crippen molar-refractivity contribution in [3.63, 3.8) is 0 Å². The second-order valence-electron chi connectivity index (χ2n) is 9.32. The minimum atomic E-state index is -1.48. The number of ketones is 1. The Labute approximate surface area is 221 Å². The molecule has 8 nitrogen and oxygen atoms in total. The highest BCUT2D eigenvalue weighted by molar-refractivity contribution is 5.91. The van der Waals surface area contributed by atoms with Gasteiger partial charge in [0.1, 0.15) is 23.5 Å². The molecule has 208 valence electrons. The van der Waals surface area contributed by atoms with E-state index in [0.29, 0.717) is 19.0 Å². The molecule has 0 aliphatic rings. The Balaban J connectivity index is 2.16. The van der Waals surface area contributed by atoms with Gasteiger partial charge in [-0.2, -0.15) is 0 Å². The molecule has 0 aromatic heterocycles. The number of carbonyl (C=O) groups excluding carboxylic acids is 2. The zero-order valence-electron chi connectivity index (χ0n) is 21.8. The Morgan fingerprint density at radius 2 is 1.63 bits per heavy atom. The lowest BCUT2D eigenvalue weighted by molar-refractivity contribution is -0.128. The molecule has 0 bridgehead atoms. The maximum absolute atomic E-state index is 13.8. The molecule has 0 unspecified atom stereocenters. The monoisotopic (exact) mass is 533 g/mol. The van der Waals surface area contributed by atoms with Crippen LogP contribution in [0.5, 0.6) is 0 Å². The Kier molecular flexibility index (Phi) is 12.8. The van der Waals surface area contributed by atoms with Gasteiger partial charge in [-0.15, -0.1) is 0 Å². The number of aryl methyl sites for hydroxylation is 1. The maximum atomic E-state index is 13.8. The zero-order chi connectivity index (χ0) is 28.1. The molecule has 5 N–H and O–H groups in total. The molecular weight excluding hydrogens is 496 g/mol. The second kappa shape index (κ2) is 15.8. The van der Waals surface area contributed by atoms with Crippen molar-refractivity contribution in [3.05, 3.63) is 70.8 Å². The summed E-state index contributed by atoms with van der Waals surface area (Å²) in [7, 11) is 0. The molecule has 0 radical (unpaired) electrons. The van der Waals surface area contributed by atoms with Crippen molar-refractivity contribution in [3.8, 4) is 0 Å². The number of aliphatic hydroxyl groups excluding tert-OH is 1. The number of Topliss-reactive ketones (excluding diaryl/α,β-unsaturated/α-hetero) is 1. The molecule has 0 aliphatic carbocycles. The van der Waals surface area contributed by atoms with Crippen molar-refractivity contribution in [2.75, 3.05) is 6.54 Å². The van der Waals surface area contributed by atoms with Crippen LogP contribution in [0.15, 0.2) is 42.5 Å². The average molecular weight is 534 g/mol. The van der Waals surface area contributed by atoms with Crippen LogP contribution in [0, 0.1) is 11.6 Å². The summed E-state index contributed by atoms with van der Waals surface area (Å²) in [6.07, 6.45) is -0.683. The van der Waals surface area contributed by atoms with Gasteiger partial charge in [0.05, 0.1) is 12.1 Å². The molecule has 0 saturated heterocycles. The largest absolute Gasteiger partial charge is 0.465 e. The van der Waals surface area contributed by atoms with Crippen LogP contribution in [0.4, 0.5) is 13.6 Å². The number of rotatable bonds is 16. The van der Waals surface area contributed by atoms with Gasteiger partial charge in [-0.05, 0) is 48.1 Å². The number of nitrogens with one attached hydrogen (secondary N) is 3. The van der Waals surface area contributed by atoms with Crippen molar-refractivity contribution in [1.82, 2.24) is 16.0 Å². The van der Waals surface area contributed by atoms with E-state index < -0.39 is 41.8 Å². The first kappa shape index (κ1) is 30.9. The van der Waals surface area contributed by atoms with Crippen LogP contribution in [0.3, 0.4) is 0 Å². The molecule has 10 heteroatoms. The van der Waals surface area contributed by atoms with E-state index in [-0.39, 0.29) is 37.2 Å². The lowest BCUT2D eigenvalue weighted by Crippen LogP contribution is -2.55. The van der Waals surface area contributed by atoms with Gasteiger partial charge in [0.25, 0.3) is 0 Å². The van der Waals surface area contributed by atoms with Crippen LogP contribution >= 0.6 is 0 Å². The van der Waals surface area contributed by atoms with E-state index >= 15 is 0 Å². The van der Waals surface area contributed by atoms with Crippen LogP contribution in [-0.2, 0) is 29.0 Å². The smallest absolute Gasteiger partial charge is 0.405 e. The third kappa shape index (κ3) is 10.9. The molecule has 0 spiro atoms. The van der Waals surface area contributed by atoms with E-state index in [9.17, 15) is 33.4 Å². The number of hydrogen-bond acceptors (Lipinski definition) is 5. The number of halogens is 2. The van der Waals surface area contributed by atoms with Crippen LogP contribution in [0.1, 0.15) is 56.2 Å². The topological polar surface area (TPSA) is 128 Å². The normalized spacial score (nSPS) is 13.4. The summed E-state index contributed by atoms with van der Waals surface area (Å²) >= 11 is 0. The van der Waals surface area contributed by atoms with E-state index in [1.54, 1.807) is 0 Å². The van der Waals surface area contributed by atoms with Crippen LogP contribution in [0.25, 0.3) is 0 Å². The first-order valence-electron chi connectivity index (χ1n) is 12.8. The Morgan fingerprint density at radius 1 is 0.947 bits per heavy atom. The summed E-state index contributed by atoms with van der Waals surface area (Å²) in [4.78, 5) is 36.5. The summed E-state index contributed by atoms with van der Waals surface area (Å²) in [6.45, 7) is 4.42. The number of carbonyl (C=O) groups is 3. The van der Waals surface area contributed by atoms with Crippen molar-refractivity contribution in [2.24, 2.45) is 0 Å². The molecular formula is C28H37F2N3O5. The Morgan fingerprint density at radius 3 is 2.26 bits per heavy atom. The summed E-state index contributed by atoms with van der Waals surface area (Å²) in [6, 6.07) is 8.43. The third-order valence-corrected chi connectivity index (χ3v) is 6.11. The molecule has 0 fully saturated rings. The average Bonchev–Trinajstić information content (AvgIpc) is 2.85. The van der Waals surface area contributed by atoms with Crippen LogP contribution < -0.4 is 16.0 Å². The zero-order valence-corrected chi connectivity index (χ0v) is 21.8. The molecule has 2 aromatic rings. The van der Waals surface area contributed by atoms with Crippen molar-refractivity contribution in [2.45, 2.75) is 77.1 Å². The summed E-state index contributed by atoms with van der Waals surface area (Å²) in [5.41, 5.74) is 2.36. The molecule has 0 saturated carbocycles. The molecule has 2 aromatic carbocycles. The van der Waals surface area contributed by atoms with E-state index in [1.165, 1.54) is 0 Å². The molecule has 38 heavy (non-hydrogen) atoms. The summed E-state index contributed by atoms with van der Waals surface area (Å²) in [5, 5.41) is 27.9. The summed E-state index contributed by atoms with van der Waals surface area (Å²) in [5.74, 6) is -2.70. The van der Waals surface area contributed by atoms with Crippen molar-refractivity contribution < 1.29 is 33.4 Å². The number of benzene rings is 2. The minimum Gasteiger partial charge on any atom is -0.465 e. The van der Waals surface area contributed by atoms with Crippen molar-refractivity contribution >= 4 is 17.8 Å². The lowest BCUT2D eigenvalue weighted by atomic mass is 9.99. The molecule has 2 amide bonds. The number of aliphatic hydroxyl groups is 1. The van der Waals surface area contributed by atoms with Crippen LogP contribution in [-0.4, -0.2) is 52.7 Å². The predicted octanol–water partition coefficient (Wildman–Crippen LogP) is 3.49. The highest BCUT2D eigenvalue weighted by Crippen LogP contribution is 2.13. The highest BCUT2D eigenvalue weighted by Gasteiger charge is 2.28. The van der Waals surface area contributed by atoms with Gasteiger partial charge in [0, 0.05) is 32.0 Å². The number of unbranched alkanes of at least 4 members (excludes halogenated alkanes) is 1. The first-order valence-corrected chi connectivity index (χ1v) is 12.8. The molecule has 0 aliphatic heterocycles. The standard InChI is InChI=1S/C28H37F2N3O5/c1-3-5-9-23(34)15-25(33-28(37)38)27(36)32-24(13-20-11-21(29)14-22(30)12-20)26(35)17-31-16-19-8-6-7-18(4-2)10-19/h6-8,10-12,14,24-26,31,33,35H,3-5,9,13,15-17H2,1-2H3,(H,32,36)(H,37,38)/t24-,25+,26-/m0/s1. The van der Waals surface area contributed by atoms with E-state index in [4.69, 9.17) is 0 Å². The van der Waals surface area contributed by atoms with E-state index in [1.807, 2.05) is 38.1 Å². The number of amides is 2. The van der Waals surface area contributed by atoms with Gasteiger partial charge in [-0.25, -0.2) is 13.6 Å². The van der Waals surface area contributed by atoms with Gasteiger partial charge in [-0.3, -0.25) is 9.59 Å². The summed E-state index contributed by atoms with van der Waals surface area (Å²) < 4.78 is 27.6. The first-order chi connectivity index (χ1) is 18.1. The van der Waals surface area contributed by atoms with Gasteiger partial charge in [0.2, 0.25) is 5.91 Å². The number of carboxylic acid groups (broad SMARTS) is 1. The van der Waals surface area contributed by atoms with E-state index in [0.717, 1.165) is 36.1 Å². The lowest BCUT2D eigenvalue weighted by Gasteiger charge is -2.27. The highest BCUT2D eigenvalue weighted by atomic mass is 19.1. The van der Waals surface area contributed by atoms with Gasteiger partial charge >= 0.3 is 6.09 Å². The second-order valence-corrected chi connectivity index (χ2v) is 9.32. The van der Waals surface area contributed by atoms with Gasteiger partial charge < -0.3 is 26.2 Å². The SMILES string of the molecule is CCCCC(=O)C[C@@H](NC(=O)O)C(=O)N[C@@H](Cc1cc(F)cc(F)c1)[C@@H](O)CNCc1cccc(CC)c1. The minimum absolute atomic E-state index is 0.0333. The fourth-order valence-corrected chi connectivity index (χ4v) is 4.08. The molecule has 0 heterocycles. The molecule has 3 atom stereocenters. The molecule has 2 rings (SSSR count). The Hall–Kier alpha value is -3.37. The van der Waals surface area contributed by atoms with Gasteiger partial charge in [0.15, 0.2) is 0 Å². The predicted molar refractivity (Wildman–Crippen MR) is 140 cm³/mol. The van der Waals surface area contributed by atoms with Gasteiger partial charge in [-0.1, -0.05) is 44.5 Å². The van der Waals surface area contributed by atoms with E-state index in [2.05, 4.69) is 16.0 Å². The van der Waals surface area contributed by atoms with Crippen molar-refractivity contribution in [1.29, 1.82) is 0 Å². The quantitative estimate of drug-likeness (QED) is 0.225. The Bertz CT molecular complexity index is 1060. The fourth-order valence-electron chi connectivity index (χ4n) is 4.08. The maximum Gasteiger partial charge on any atom is 0.405 e. The fraction of sp³-hybridized carbons (Fsp3) is 0.464. The third-order valence-electron chi connectivity index (χ3n) is 6.11. The van der Waals surface area contributed by atoms with Crippen LogP contribution in [0.2, 0.25) is 0 Å². The number of hydrogen-bond donors (Lipinski definition) is 5.